The van der Waals surface area contributed by atoms with Crippen LogP contribution in [0.1, 0.15) is 21.5 Å². The van der Waals surface area contributed by atoms with Gasteiger partial charge in [0.1, 0.15) is 6.61 Å². The minimum Gasteiger partial charge on any atom is -0.493 e. The molecule has 1 N–H and O–H groups in total. The van der Waals surface area contributed by atoms with Gasteiger partial charge in [0.15, 0.2) is 16.7 Å². The maximum absolute atomic E-state index is 12.5. The van der Waals surface area contributed by atoms with Crippen molar-refractivity contribution in [1.29, 1.82) is 0 Å². The maximum atomic E-state index is 12.5. The van der Waals surface area contributed by atoms with Crippen LogP contribution >= 0.6 is 35.0 Å². The monoisotopic (exact) mass is 542 g/mol. The third kappa shape index (κ3) is 6.20. The summed E-state index contributed by atoms with van der Waals surface area (Å²) in [6.45, 7) is 0.284. The minimum atomic E-state index is -0.432. The highest BCUT2D eigenvalue weighted by Crippen LogP contribution is 2.38. The number of nitrogens with zero attached hydrogens (tertiary/aromatic N) is 1. The van der Waals surface area contributed by atoms with Gasteiger partial charge in [0.2, 0.25) is 0 Å². The van der Waals surface area contributed by atoms with Crippen molar-refractivity contribution >= 4 is 63.8 Å². The van der Waals surface area contributed by atoms with Crippen LogP contribution in [0.2, 0.25) is 10.0 Å². The summed E-state index contributed by atoms with van der Waals surface area (Å²) in [5.74, 6) is 0.116. The number of thioether (sulfide) groups is 1. The number of hydrogen-bond acceptors (Lipinski definition) is 7. The second-order valence-electron chi connectivity index (χ2n) is 7.47. The van der Waals surface area contributed by atoms with Crippen LogP contribution in [-0.4, -0.2) is 31.3 Å². The lowest BCUT2D eigenvalue weighted by Crippen LogP contribution is -2.19. The highest BCUT2D eigenvalue weighted by atomic mass is 35.5. The molecule has 4 rings (SSSR count). The van der Waals surface area contributed by atoms with E-state index >= 15 is 0 Å². The van der Waals surface area contributed by atoms with E-state index in [4.69, 9.17) is 37.4 Å². The maximum Gasteiger partial charge on any atom is 0.337 e. The van der Waals surface area contributed by atoms with Crippen LogP contribution in [0.25, 0.3) is 6.08 Å². The fourth-order valence-corrected chi connectivity index (χ4v) is 4.48. The average molecular weight is 543 g/mol. The highest BCUT2D eigenvalue weighted by Gasteiger charge is 2.24. The van der Waals surface area contributed by atoms with Crippen molar-refractivity contribution in [1.82, 2.24) is 5.32 Å². The summed E-state index contributed by atoms with van der Waals surface area (Å²) in [6, 6.07) is 17.3. The van der Waals surface area contributed by atoms with Crippen LogP contribution in [0.5, 0.6) is 11.5 Å². The molecule has 0 spiro atoms. The van der Waals surface area contributed by atoms with Crippen molar-refractivity contribution in [2.75, 3.05) is 14.2 Å². The fourth-order valence-electron chi connectivity index (χ4n) is 3.24. The van der Waals surface area contributed by atoms with E-state index in [1.54, 1.807) is 54.6 Å². The summed E-state index contributed by atoms with van der Waals surface area (Å²) in [5, 5.41) is 4.14. The van der Waals surface area contributed by atoms with E-state index < -0.39 is 5.97 Å². The second-order valence-corrected chi connectivity index (χ2v) is 9.34. The van der Waals surface area contributed by atoms with Gasteiger partial charge in [-0.15, -0.1) is 0 Å². The number of amides is 1. The molecule has 1 saturated heterocycles. The predicted molar refractivity (Wildman–Crippen MR) is 142 cm³/mol. The molecule has 1 aliphatic rings. The molecule has 1 fully saturated rings. The molecule has 7 nitrogen and oxygen atoms in total. The number of amidine groups is 1. The molecule has 0 unspecified atom stereocenters. The molecule has 3 aromatic carbocycles. The Labute approximate surface area is 222 Å². The van der Waals surface area contributed by atoms with Crippen LogP contribution in [0.15, 0.2) is 70.6 Å². The molecule has 0 aliphatic carbocycles. The molecular formula is C26H20Cl2N2O5S. The van der Waals surface area contributed by atoms with Crippen molar-refractivity contribution in [2.24, 2.45) is 4.99 Å². The molecule has 1 aliphatic heterocycles. The summed E-state index contributed by atoms with van der Waals surface area (Å²) in [7, 11) is 2.84. The van der Waals surface area contributed by atoms with E-state index in [0.29, 0.717) is 48.4 Å². The lowest BCUT2D eigenvalue weighted by molar-refractivity contribution is -0.115. The van der Waals surface area contributed by atoms with Crippen molar-refractivity contribution in [2.45, 2.75) is 6.61 Å². The molecule has 0 saturated carbocycles. The average Bonchev–Trinajstić information content (AvgIpc) is 3.22. The largest absolute Gasteiger partial charge is 0.493 e. The number of carbonyl (C=O) groups is 2. The number of methoxy groups -OCH3 is 2. The molecule has 36 heavy (non-hydrogen) atoms. The van der Waals surface area contributed by atoms with Gasteiger partial charge in [-0.1, -0.05) is 35.3 Å². The molecule has 1 heterocycles. The number of nitrogens with one attached hydrogen (secondary N) is 1. The molecule has 1 amide bonds. The number of benzene rings is 3. The standard InChI is InChI=1S/C26H20Cl2N2O5S/c1-33-21-12-16(11-20(28)23(21)35-14-15-3-7-18(27)8-4-15)13-22-24(31)30-26(36-22)29-19-9-5-17(6-10-19)25(32)34-2/h3-13H,14H2,1-2H3,(H,29,30,31)/b22-13-. The zero-order valence-electron chi connectivity index (χ0n) is 19.2. The Hall–Kier alpha value is -3.46. The third-order valence-electron chi connectivity index (χ3n) is 5.02. The summed E-state index contributed by atoms with van der Waals surface area (Å²) in [6.07, 6.45) is 1.69. The zero-order valence-corrected chi connectivity index (χ0v) is 21.5. The third-order valence-corrected chi connectivity index (χ3v) is 6.46. The Kier molecular flexibility index (Phi) is 8.20. The van der Waals surface area contributed by atoms with Crippen LogP contribution < -0.4 is 14.8 Å². The zero-order chi connectivity index (χ0) is 25.7. The first-order chi connectivity index (χ1) is 17.4. The quantitative estimate of drug-likeness (QED) is 0.280. The normalized spacial score (nSPS) is 15.2. The fraction of sp³-hybridized carbons (Fsp3) is 0.115. The van der Waals surface area contributed by atoms with Gasteiger partial charge in [-0.25, -0.2) is 9.79 Å². The second kappa shape index (κ2) is 11.5. The van der Waals surface area contributed by atoms with E-state index in [0.717, 1.165) is 5.56 Å². The molecule has 0 radical (unpaired) electrons. The van der Waals surface area contributed by atoms with Crippen molar-refractivity contribution in [3.8, 4) is 11.5 Å². The van der Waals surface area contributed by atoms with Gasteiger partial charge in [0, 0.05) is 5.02 Å². The highest BCUT2D eigenvalue weighted by molar-refractivity contribution is 8.18. The van der Waals surface area contributed by atoms with E-state index in [1.165, 1.54) is 26.0 Å². The Bertz CT molecular complexity index is 1360. The first-order valence-electron chi connectivity index (χ1n) is 10.6. The van der Waals surface area contributed by atoms with Gasteiger partial charge in [-0.05, 0) is 77.5 Å². The van der Waals surface area contributed by atoms with Crippen LogP contribution in [0.4, 0.5) is 5.69 Å². The van der Waals surface area contributed by atoms with Gasteiger partial charge in [-0.3, -0.25) is 4.79 Å². The number of carbonyl (C=O) groups excluding carboxylic acids is 2. The molecule has 184 valence electrons. The first kappa shape index (κ1) is 25.6. The lowest BCUT2D eigenvalue weighted by atomic mass is 10.1. The molecule has 0 atom stereocenters. The van der Waals surface area contributed by atoms with Crippen LogP contribution in [-0.2, 0) is 16.1 Å². The summed E-state index contributed by atoms with van der Waals surface area (Å²) >= 11 is 13.6. The minimum absolute atomic E-state index is 0.284. The topological polar surface area (TPSA) is 86.2 Å². The summed E-state index contributed by atoms with van der Waals surface area (Å²) in [4.78, 5) is 28.9. The Morgan fingerprint density at radius 2 is 1.78 bits per heavy atom. The number of rotatable bonds is 7. The lowest BCUT2D eigenvalue weighted by Gasteiger charge is -2.13. The molecule has 10 heteroatoms. The van der Waals surface area contributed by atoms with Crippen LogP contribution in [0.3, 0.4) is 0 Å². The summed E-state index contributed by atoms with van der Waals surface area (Å²) < 4.78 is 16.1. The van der Waals surface area contributed by atoms with Crippen molar-refractivity contribution in [3.63, 3.8) is 0 Å². The Morgan fingerprint density at radius 3 is 2.44 bits per heavy atom. The number of halogens is 2. The summed E-state index contributed by atoms with van der Waals surface area (Å²) in [5.41, 5.74) is 2.58. The van der Waals surface area contributed by atoms with E-state index in [2.05, 4.69) is 10.3 Å². The van der Waals surface area contributed by atoms with Gasteiger partial charge in [0.05, 0.1) is 35.4 Å². The van der Waals surface area contributed by atoms with Gasteiger partial charge < -0.3 is 19.5 Å². The molecule has 3 aromatic rings. The molecule has 0 aromatic heterocycles. The van der Waals surface area contributed by atoms with Crippen molar-refractivity contribution < 1.29 is 23.8 Å². The van der Waals surface area contributed by atoms with Gasteiger partial charge >= 0.3 is 5.97 Å². The number of ether oxygens (including phenoxy) is 3. The number of esters is 1. The first-order valence-corrected chi connectivity index (χ1v) is 12.2. The van der Waals surface area contributed by atoms with Gasteiger partial charge in [0.25, 0.3) is 5.91 Å². The van der Waals surface area contributed by atoms with Gasteiger partial charge in [-0.2, -0.15) is 0 Å². The smallest absolute Gasteiger partial charge is 0.337 e. The number of hydrogen-bond donors (Lipinski definition) is 1. The molecule has 0 bridgehead atoms. The Balaban J connectivity index is 1.50. The molecular weight excluding hydrogens is 523 g/mol. The number of aliphatic imine (C=N–C) groups is 1. The van der Waals surface area contributed by atoms with E-state index in [-0.39, 0.29) is 12.5 Å². The van der Waals surface area contributed by atoms with Crippen LogP contribution in [0, 0.1) is 0 Å². The van der Waals surface area contributed by atoms with E-state index in [1.807, 2.05) is 12.1 Å². The van der Waals surface area contributed by atoms with E-state index in [9.17, 15) is 9.59 Å². The SMILES string of the molecule is COC(=O)c1ccc(N=C2NC(=O)/C(=C/c3cc(Cl)c(OCc4ccc(Cl)cc4)c(OC)c3)S2)cc1. The Morgan fingerprint density at radius 1 is 1.06 bits per heavy atom. The predicted octanol–water partition coefficient (Wildman–Crippen LogP) is 6.26. The van der Waals surface area contributed by atoms with Crippen molar-refractivity contribution in [3.05, 3.63) is 92.3 Å².